The van der Waals surface area contributed by atoms with E-state index in [4.69, 9.17) is 0 Å². The molecule has 0 saturated carbocycles. The number of sulfonamides is 1. The molecule has 0 radical (unpaired) electrons. The van der Waals surface area contributed by atoms with Gasteiger partial charge in [0.1, 0.15) is 5.69 Å². The molecule has 0 atom stereocenters. The molecule has 0 aliphatic heterocycles. The molecule has 0 spiro atoms. The molecule has 0 amide bonds. The molecule has 0 aliphatic rings. The van der Waals surface area contributed by atoms with Crippen LogP contribution in [0.1, 0.15) is 13.8 Å². The smallest absolute Gasteiger partial charge is 0.275 e. The second kappa shape index (κ2) is 6.76. The zero-order chi connectivity index (χ0) is 16.2. The molecule has 0 fully saturated rings. The molecule has 0 saturated heterocycles. The van der Waals surface area contributed by atoms with Crippen LogP contribution in [0.3, 0.4) is 0 Å². The minimum absolute atomic E-state index is 0.242. The van der Waals surface area contributed by atoms with Crippen molar-refractivity contribution in [1.82, 2.24) is 4.72 Å². The van der Waals surface area contributed by atoms with E-state index in [0.717, 1.165) is 0 Å². The standard InChI is InChI=1S/C11H15F2N3O4S/c1-7(2)15-21(19,20)4-3-14-11-9(12)5-8(16(17)18)6-10(11)13/h5-7,14-15H,3-4H2,1-2H3. The van der Waals surface area contributed by atoms with E-state index in [-0.39, 0.29) is 18.3 Å². The van der Waals surface area contributed by atoms with E-state index in [1.54, 1.807) is 13.8 Å². The van der Waals surface area contributed by atoms with E-state index < -0.39 is 38.0 Å². The van der Waals surface area contributed by atoms with Gasteiger partial charge in [-0.15, -0.1) is 0 Å². The number of benzene rings is 1. The number of nitrogens with zero attached hydrogens (tertiary/aromatic N) is 1. The Morgan fingerprint density at radius 3 is 2.24 bits per heavy atom. The Balaban J connectivity index is 2.75. The predicted molar refractivity (Wildman–Crippen MR) is 73.6 cm³/mol. The summed E-state index contributed by atoms with van der Waals surface area (Å²) in [7, 11) is -3.56. The van der Waals surface area contributed by atoms with E-state index in [1.807, 2.05) is 0 Å². The molecule has 1 rings (SSSR count). The van der Waals surface area contributed by atoms with Crippen molar-refractivity contribution in [1.29, 1.82) is 0 Å². The van der Waals surface area contributed by atoms with Gasteiger partial charge in [-0.3, -0.25) is 10.1 Å². The molecular weight excluding hydrogens is 308 g/mol. The van der Waals surface area contributed by atoms with Crippen LogP contribution in [-0.4, -0.2) is 31.7 Å². The first-order chi connectivity index (χ1) is 9.62. The van der Waals surface area contributed by atoms with Crippen molar-refractivity contribution in [3.8, 4) is 0 Å². The molecule has 0 heterocycles. The first-order valence-corrected chi connectivity index (χ1v) is 7.65. The number of hydrogen-bond donors (Lipinski definition) is 2. The third-order valence-corrected chi connectivity index (χ3v) is 3.90. The van der Waals surface area contributed by atoms with E-state index in [2.05, 4.69) is 10.0 Å². The van der Waals surface area contributed by atoms with Gasteiger partial charge in [-0.1, -0.05) is 0 Å². The number of nitro benzene ring substituents is 1. The SMILES string of the molecule is CC(C)NS(=O)(=O)CCNc1c(F)cc([N+](=O)[O-])cc1F. The number of halogens is 2. The summed E-state index contributed by atoms with van der Waals surface area (Å²) in [6.45, 7) is 3.04. The molecule has 0 aromatic heterocycles. The van der Waals surface area contributed by atoms with Gasteiger partial charge in [-0.25, -0.2) is 21.9 Å². The Morgan fingerprint density at radius 2 is 1.81 bits per heavy atom. The normalized spacial score (nSPS) is 11.7. The summed E-state index contributed by atoms with van der Waals surface area (Å²) in [4.78, 5) is 9.51. The monoisotopic (exact) mass is 323 g/mol. The average molecular weight is 323 g/mol. The minimum Gasteiger partial charge on any atom is -0.379 e. The highest BCUT2D eigenvalue weighted by Gasteiger charge is 2.18. The summed E-state index contributed by atoms with van der Waals surface area (Å²) in [6, 6.07) is 0.835. The topological polar surface area (TPSA) is 101 Å². The van der Waals surface area contributed by atoms with Crippen LogP contribution in [0.15, 0.2) is 12.1 Å². The number of rotatable bonds is 7. The van der Waals surface area contributed by atoms with E-state index in [1.165, 1.54) is 0 Å². The van der Waals surface area contributed by atoms with Gasteiger partial charge in [-0.05, 0) is 13.8 Å². The molecule has 21 heavy (non-hydrogen) atoms. The molecule has 2 N–H and O–H groups in total. The lowest BCUT2D eigenvalue weighted by Gasteiger charge is -2.11. The first-order valence-electron chi connectivity index (χ1n) is 5.99. The number of hydrogen-bond acceptors (Lipinski definition) is 5. The summed E-state index contributed by atoms with van der Waals surface area (Å²) in [6.07, 6.45) is 0. The summed E-state index contributed by atoms with van der Waals surface area (Å²) in [5, 5.41) is 12.7. The van der Waals surface area contributed by atoms with Crippen molar-refractivity contribution >= 4 is 21.4 Å². The van der Waals surface area contributed by atoms with Gasteiger partial charge >= 0.3 is 0 Å². The quantitative estimate of drug-likeness (QED) is 0.586. The maximum atomic E-state index is 13.5. The summed E-state index contributed by atoms with van der Waals surface area (Å²) >= 11 is 0. The van der Waals surface area contributed by atoms with Crippen LogP contribution in [0.25, 0.3) is 0 Å². The van der Waals surface area contributed by atoms with Gasteiger partial charge in [0.25, 0.3) is 5.69 Å². The maximum Gasteiger partial charge on any atom is 0.275 e. The van der Waals surface area contributed by atoms with Crippen LogP contribution in [0.5, 0.6) is 0 Å². The summed E-state index contributed by atoms with van der Waals surface area (Å²) in [5.41, 5.74) is -1.31. The molecule has 118 valence electrons. The number of nitro groups is 1. The van der Waals surface area contributed by atoms with Gasteiger partial charge < -0.3 is 5.32 Å². The Morgan fingerprint density at radius 1 is 1.29 bits per heavy atom. The van der Waals surface area contributed by atoms with Crippen molar-refractivity contribution in [2.45, 2.75) is 19.9 Å². The van der Waals surface area contributed by atoms with Crippen molar-refractivity contribution in [2.75, 3.05) is 17.6 Å². The van der Waals surface area contributed by atoms with E-state index in [0.29, 0.717) is 12.1 Å². The molecular formula is C11H15F2N3O4S. The van der Waals surface area contributed by atoms with Crippen molar-refractivity contribution in [2.24, 2.45) is 0 Å². The van der Waals surface area contributed by atoms with Crippen LogP contribution in [-0.2, 0) is 10.0 Å². The predicted octanol–water partition coefficient (Wildman–Crippen LogP) is 1.61. The van der Waals surface area contributed by atoms with Crippen LogP contribution in [0.4, 0.5) is 20.2 Å². The van der Waals surface area contributed by atoms with Gasteiger partial charge in [-0.2, -0.15) is 0 Å². The molecule has 0 aliphatic carbocycles. The third kappa shape index (κ3) is 5.23. The first kappa shape index (κ1) is 17.2. The van der Waals surface area contributed by atoms with Crippen molar-refractivity contribution in [3.05, 3.63) is 33.9 Å². The van der Waals surface area contributed by atoms with Gasteiger partial charge in [0.05, 0.1) is 22.8 Å². The highest BCUT2D eigenvalue weighted by Crippen LogP contribution is 2.24. The fraction of sp³-hybridized carbons (Fsp3) is 0.455. The van der Waals surface area contributed by atoms with Crippen LogP contribution < -0.4 is 10.0 Å². The Hall–Kier alpha value is -1.81. The van der Waals surface area contributed by atoms with Gasteiger partial charge in [0, 0.05) is 12.6 Å². The highest BCUT2D eigenvalue weighted by molar-refractivity contribution is 7.89. The second-order valence-corrected chi connectivity index (χ2v) is 6.43. The zero-order valence-electron chi connectivity index (χ0n) is 11.4. The molecule has 7 nitrogen and oxygen atoms in total. The minimum atomic E-state index is -3.56. The Labute approximate surface area is 120 Å². The lowest BCUT2D eigenvalue weighted by Crippen LogP contribution is -2.34. The zero-order valence-corrected chi connectivity index (χ0v) is 12.2. The second-order valence-electron chi connectivity index (χ2n) is 4.56. The van der Waals surface area contributed by atoms with Crippen LogP contribution in [0, 0.1) is 21.7 Å². The number of non-ortho nitro benzene ring substituents is 1. The van der Waals surface area contributed by atoms with Gasteiger partial charge in [0.15, 0.2) is 11.6 Å². The summed E-state index contributed by atoms with van der Waals surface area (Å²) < 4.78 is 52.4. The fourth-order valence-corrected chi connectivity index (χ4v) is 2.77. The van der Waals surface area contributed by atoms with Crippen LogP contribution in [0.2, 0.25) is 0 Å². The third-order valence-electron chi connectivity index (χ3n) is 2.33. The van der Waals surface area contributed by atoms with Crippen LogP contribution >= 0.6 is 0 Å². The lowest BCUT2D eigenvalue weighted by atomic mass is 10.2. The number of anilines is 1. The largest absolute Gasteiger partial charge is 0.379 e. The molecule has 1 aromatic rings. The van der Waals surface area contributed by atoms with Crippen molar-refractivity contribution < 1.29 is 22.1 Å². The Kier molecular flexibility index (Phi) is 5.55. The molecule has 1 aromatic carbocycles. The van der Waals surface area contributed by atoms with Gasteiger partial charge in [0.2, 0.25) is 10.0 Å². The molecule has 0 bridgehead atoms. The van der Waals surface area contributed by atoms with E-state index >= 15 is 0 Å². The highest BCUT2D eigenvalue weighted by atomic mass is 32.2. The lowest BCUT2D eigenvalue weighted by molar-refractivity contribution is -0.385. The average Bonchev–Trinajstić information content (AvgIpc) is 2.30. The van der Waals surface area contributed by atoms with Crippen molar-refractivity contribution in [3.63, 3.8) is 0 Å². The fourth-order valence-electron chi connectivity index (χ4n) is 1.56. The summed E-state index contributed by atoms with van der Waals surface area (Å²) in [5.74, 6) is -2.70. The molecule has 10 heteroatoms. The Bertz CT molecular complexity index is 611. The number of nitrogens with one attached hydrogen (secondary N) is 2. The van der Waals surface area contributed by atoms with E-state index in [9.17, 15) is 27.3 Å². The maximum absolute atomic E-state index is 13.5. The molecule has 0 unspecified atom stereocenters.